The number of aromatic nitrogens is 5. The van der Waals surface area contributed by atoms with Crippen LogP contribution in [0.1, 0.15) is 31.7 Å². The van der Waals surface area contributed by atoms with E-state index in [0.717, 1.165) is 42.5 Å². The summed E-state index contributed by atoms with van der Waals surface area (Å²) < 4.78 is 2.28. The van der Waals surface area contributed by atoms with Crippen LogP contribution in [-0.4, -0.2) is 36.5 Å². The molecule has 7 heteroatoms. The number of amides is 1. The summed E-state index contributed by atoms with van der Waals surface area (Å²) in [6.07, 6.45) is 7.98. The SMILES string of the molecule is O=C(Cn1nc2ccccc2n1)NC1CCC(n2cccc3ccnc2-3)CC1. The summed E-state index contributed by atoms with van der Waals surface area (Å²) in [6.45, 7) is 0.153. The van der Waals surface area contributed by atoms with Gasteiger partial charge in [-0.25, -0.2) is 4.98 Å². The van der Waals surface area contributed by atoms with Gasteiger partial charge in [-0.15, -0.1) is 0 Å². The molecule has 0 bridgehead atoms. The molecule has 1 fully saturated rings. The molecule has 0 unspecified atom stereocenters. The quantitative estimate of drug-likeness (QED) is 0.596. The van der Waals surface area contributed by atoms with Crippen molar-refractivity contribution in [2.45, 2.75) is 44.3 Å². The second kappa shape index (κ2) is 7.07. The highest BCUT2D eigenvalue weighted by Crippen LogP contribution is 2.32. The van der Waals surface area contributed by atoms with E-state index in [1.165, 1.54) is 10.4 Å². The molecule has 1 amide bonds. The number of fused-ring (bicyclic) bond motifs is 2. The molecule has 2 aromatic rings. The van der Waals surface area contributed by atoms with Crippen LogP contribution in [0.3, 0.4) is 0 Å². The maximum absolute atomic E-state index is 12.4. The Balaban J connectivity index is 1.18. The van der Waals surface area contributed by atoms with Gasteiger partial charge in [0, 0.05) is 30.0 Å². The molecule has 28 heavy (non-hydrogen) atoms. The lowest BCUT2D eigenvalue weighted by molar-refractivity contribution is -0.123. The molecule has 5 rings (SSSR count). The molecule has 3 heterocycles. The van der Waals surface area contributed by atoms with E-state index in [4.69, 9.17) is 0 Å². The highest BCUT2D eigenvalue weighted by atomic mass is 16.2. The number of rotatable bonds is 4. The van der Waals surface area contributed by atoms with Gasteiger partial charge in [-0.1, -0.05) is 12.1 Å². The van der Waals surface area contributed by atoms with Gasteiger partial charge in [0.1, 0.15) is 23.4 Å². The van der Waals surface area contributed by atoms with E-state index in [1.807, 2.05) is 36.5 Å². The van der Waals surface area contributed by atoms with Gasteiger partial charge in [0.05, 0.1) is 0 Å². The van der Waals surface area contributed by atoms with E-state index in [-0.39, 0.29) is 18.5 Å². The Kier molecular flexibility index (Phi) is 4.27. The van der Waals surface area contributed by atoms with Crippen molar-refractivity contribution in [3.8, 4) is 11.4 Å². The highest BCUT2D eigenvalue weighted by molar-refractivity contribution is 5.77. The predicted molar refractivity (Wildman–Crippen MR) is 106 cm³/mol. The van der Waals surface area contributed by atoms with Crippen molar-refractivity contribution >= 4 is 16.9 Å². The first kappa shape index (κ1) is 16.9. The zero-order valence-electron chi connectivity index (χ0n) is 15.5. The fourth-order valence-electron chi connectivity index (χ4n) is 4.16. The van der Waals surface area contributed by atoms with Crippen LogP contribution >= 0.6 is 0 Å². The molecule has 2 aliphatic heterocycles. The summed E-state index contributed by atoms with van der Waals surface area (Å²) in [5.41, 5.74) is 2.79. The number of hydrogen-bond donors (Lipinski definition) is 1. The Bertz CT molecular complexity index is 1040. The second-order valence-electron chi connectivity index (χ2n) is 7.43. The fraction of sp³-hybridized carbons (Fsp3) is 0.333. The third-order valence-electron chi connectivity index (χ3n) is 5.54. The van der Waals surface area contributed by atoms with Crippen molar-refractivity contribution in [3.63, 3.8) is 0 Å². The molecule has 3 aliphatic rings. The van der Waals surface area contributed by atoms with E-state index >= 15 is 0 Å². The minimum atomic E-state index is -0.0313. The summed E-state index contributed by atoms with van der Waals surface area (Å²) in [5.74, 6) is 1.02. The van der Waals surface area contributed by atoms with Crippen molar-refractivity contribution in [1.29, 1.82) is 0 Å². The van der Waals surface area contributed by atoms with Gasteiger partial charge < -0.3 is 9.88 Å². The van der Waals surface area contributed by atoms with Gasteiger partial charge in [0.15, 0.2) is 0 Å². The summed E-state index contributed by atoms with van der Waals surface area (Å²) in [6, 6.07) is 14.5. The van der Waals surface area contributed by atoms with Crippen molar-refractivity contribution in [2.24, 2.45) is 0 Å². The van der Waals surface area contributed by atoms with Gasteiger partial charge in [-0.2, -0.15) is 15.0 Å². The van der Waals surface area contributed by atoms with Gasteiger partial charge in [-0.05, 0) is 56.0 Å². The van der Waals surface area contributed by atoms with Crippen molar-refractivity contribution in [2.75, 3.05) is 0 Å². The zero-order chi connectivity index (χ0) is 18.9. The molecule has 0 radical (unpaired) electrons. The maximum Gasteiger partial charge on any atom is 0.243 e. The topological polar surface area (TPSA) is 77.6 Å². The number of hydrogen-bond acceptors (Lipinski definition) is 4. The molecule has 0 spiro atoms. The Hall–Kier alpha value is -3.22. The van der Waals surface area contributed by atoms with Gasteiger partial charge in [0.2, 0.25) is 5.91 Å². The first-order valence-electron chi connectivity index (χ1n) is 9.77. The highest BCUT2D eigenvalue weighted by Gasteiger charge is 2.25. The number of benzene rings is 1. The van der Waals surface area contributed by atoms with E-state index < -0.39 is 0 Å². The summed E-state index contributed by atoms with van der Waals surface area (Å²) in [4.78, 5) is 18.4. The maximum atomic E-state index is 12.4. The van der Waals surface area contributed by atoms with Crippen LogP contribution in [0.25, 0.3) is 22.4 Å². The average Bonchev–Trinajstić information content (AvgIpc) is 3.34. The van der Waals surface area contributed by atoms with Gasteiger partial charge in [-0.3, -0.25) is 4.79 Å². The van der Waals surface area contributed by atoms with E-state index in [9.17, 15) is 4.79 Å². The number of nitrogens with zero attached hydrogens (tertiary/aromatic N) is 5. The third kappa shape index (κ3) is 3.24. The lowest BCUT2D eigenvalue weighted by Crippen LogP contribution is -2.40. The van der Waals surface area contributed by atoms with Crippen LogP contribution in [0, 0.1) is 0 Å². The second-order valence-corrected chi connectivity index (χ2v) is 7.43. The smallest absolute Gasteiger partial charge is 0.243 e. The van der Waals surface area contributed by atoms with E-state index in [0.29, 0.717) is 6.04 Å². The van der Waals surface area contributed by atoms with Crippen LogP contribution in [0.2, 0.25) is 0 Å². The van der Waals surface area contributed by atoms with Crippen LogP contribution < -0.4 is 5.32 Å². The molecule has 1 aromatic carbocycles. The van der Waals surface area contributed by atoms with Gasteiger partial charge in [0.25, 0.3) is 0 Å². The van der Waals surface area contributed by atoms with E-state index in [1.54, 1.807) is 0 Å². The fourth-order valence-corrected chi connectivity index (χ4v) is 4.16. The standard InChI is InChI=1S/C21H22N6O/c28-20(14-27-24-18-5-1-2-6-19(18)25-27)23-16-7-9-17(10-8-16)26-13-3-4-15-11-12-22-21(15)26/h1-6,11-13,16-17H,7-10,14H2,(H,23,28). The summed E-state index contributed by atoms with van der Waals surface area (Å²) in [7, 11) is 0. The lowest BCUT2D eigenvalue weighted by Gasteiger charge is -2.31. The van der Waals surface area contributed by atoms with Crippen molar-refractivity contribution in [3.05, 3.63) is 54.9 Å². The molecule has 0 atom stereocenters. The molecule has 1 saturated carbocycles. The molecule has 1 N–H and O–H groups in total. The predicted octanol–water partition coefficient (Wildman–Crippen LogP) is 3.03. The molecule has 142 valence electrons. The first-order chi connectivity index (χ1) is 13.8. The molecular weight excluding hydrogens is 352 g/mol. The van der Waals surface area contributed by atoms with Gasteiger partial charge >= 0.3 is 0 Å². The van der Waals surface area contributed by atoms with Crippen molar-refractivity contribution in [1.82, 2.24) is 29.9 Å². The lowest BCUT2D eigenvalue weighted by atomic mass is 9.90. The monoisotopic (exact) mass is 374 g/mol. The number of carbonyl (C=O) groups is 1. The van der Waals surface area contributed by atoms with Crippen LogP contribution in [0.15, 0.2) is 54.9 Å². The normalized spacial score (nSPS) is 19.9. The first-order valence-corrected chi connectivity index (χ1v) is 9.77. The molecule has 7 nitrogen and oxygen atoms in total. The van der Waals surface area contributed by atoms with Crippen molar-refractivity contribution < 1.29 is 4.79 Å². The minimum Gasteiger partial charge on any atom is -0.352 e. The van der Waals surface area contributed by atoms with E-state index in [2.05, 4.69) is 43.4 Å². The third-order valence-corrected chi connectivity index (χ3v) is 5.54. The zero-order valence-corrected chi connectivity index (χ0v) is 15.5. The summed E-state index contributed by atoms with van der Waals surface area (Å²) >= 11 is 0. The number of carbonyl (C=O) groups excluding carboxylic acids is 1. The average molecular weight is 374 g/mol. The molecule has 0 saturated heterocycles. The Morgan fingerprint density at radius 2 is 1.75 bits per heavy atom. The Morgan fingerprint density at radius 1 is 1.00 bits per heavy atom. The van der Waals surface area contributed by atoms with Crippen LogP contribution in [-0.2, 0) is 11.3 Å². The Morgan fingerprint density at radius 3 is 2.50 bits per heavy atom. The van der Waals surface area contributed by atoms with Crippen LogP contribution in [0.4, 0.5) is 0 Å². The largest absolute Gasteiger partial charge is 0.352 e. The minimum absolute atomic E-state index is 0.0313. The number of nitrogens with one attached hydrogen (secondary N) is 1. The van der Waals surface area contributed by atoms with Crippen LogP contribution in [0.5, 0.6) is 0 Å². The molecule has 1 aliphatic carbocycles. The Labute approximate surface area is 162 Å². The number of pyridine rings is 1. The molecular formula is C21H22N6O. The molecule has 1 aromatic heterocycles. The summed E-state index contributed by atoms with van der Waals surface area (Å²) in [5, 5.41) is 11.9.